The summed E-state index contributed by atoms with van der Waals surface area (Å²) in [4.78, 5) is 24.6. The second kappa shape index (κ2) is 9.99. The van der Waals surface area contributed by atoms with Crippen LogP contribution < -0.4 is 10.1 Å². The molecule has 0 saturated heterocycles. The third-order valence-corrected chi connectivity index (χ3v) is 4.65. The van der Waals surface area contributed by atoms with E-state index < -0.39 is 17.7 Å². The molecule has 2 aromatic carbocycles. The second-order valence-electron chi connectivity index (χ2n) is 7.13. The summed E-state index contributed by atoms with van der Waals surface area (Å²) >= 11 is 0. The van der Waals surface area contributed by atoms with Crippen LogP contribution in [0.4, 0.5) is 10.1 Å². The summed E-state index contributed by atoms with van der Waals surface area (Å²) in [6, 6.07) is 12.2. The fourth-order valence-corrected chi connectivity index (χ4v) is 3.07. The van der Waals surface area contributed by atoms with Crippen LogP contribution >= 0.6 is 0 Å². The molecule has 0 aliphatic carbocycles. The van der Waals surface area contributed by atoms with Crippen molar-refractivity contribution < 1.29 is 32.3 Å². The highest BCUT2D eigenvalue weighted by molar-refractivity contribution is 6.06. The number of rotatable bonds is 8. The highest BCUT2D eigenvalue weighted by atomic mass is 19.1. The van der Waals surface area contributed by atoms with Crippen LogP contribution in [0.2, 0.25) is 0 Å². The third kappa shape index (κ3) is 5.12. The first-order valence-corrected chi connectivity index (χ1v) is 10.3. The number of halogens is 1. The van der Waals surface area contributed by atoms with Gasteiger partial charge in [0.25, 0.3) is 11.8 Å². The van der Waals surface area contributed by atoms with Gasteiger partial charge in [-0.15, -0.1) is 10.2 Å². The molecule has 0 atom stereocenters. The molecule has 34 heavy (non-hydrogen) atoms. The number of carbonyl (C=O) groups is 2. The Bertz CT molecular complexity index is 1320. The lowest BCUT2D eigenvalue weighted by atomic mass is 10.1. The Morgan fingerprint density at radius 3 is 2.68 bits per heavy atom. The lowest BCUT2D eigenvalue weighted by Crippen LogP contribution is -2.18. The third-order valence-electron chi connectivity index (χ3n) is 4.65. The zero-order valence-electron chi connectivity index (χ0n) is 18.3. The fourth-order valence-electron chi connectivity index (χ4n) is 3.07. The number of hydrogen-bond acceptors (Lipinski definition) is 8. The standard InChI is InChI=1S/C24H20FN3O6/c1-3-31-21(29)13-33-19-9-6-14(2)11-16(19)22(30)26-18-12-15(7-8-17(18)25)23-27-28-24(34-23)20-5-4-10-32-20/h4-12H,3,13H2,1-2H3,(H,26,30). The van der Waals surface area contributed by atoms with E-state index in [1.807, 2.05) is 0 Å². The van der Waals surface area contributed by atoms with Crippen molar-refractivity contribution in [3.8, 4) is 28.9 Å². The number of furan rings is 1. The molecule has 0 radical (unpaired) electrons. The molecule has 0 bridgehead atoms. The first-order chi connectivity index (χ1) is 16.4. The largest absolute Gasteiger partial charge is 0.481 e. The zero-order chi connectivity index (χ0) is 24.1. The lowest BCUT2D eigenvalue weighted by Gasteiger charge is -2.13. The van der Waals surface area contributed by atoms with Crippen LogP contribution in [0.5, 0.6) is 5.75 Å². The molecule has 0 spiro atoms. The molecule has 0 unspecified atom stereocenters. The second-order valence-corrected chi connectivity index (χ2v) is 7.13. The van der Waals surface area contributed by atoms with E-state index in [0.717, 1.165) is 5.56 Å². The fraction of sp³-hybridized carbons (Fsp3) is 0.167. The number of nitrogens with one attached hydrogen (secondary N) is 1. The number of aryl methyl sites for hydroxylation is 1. The summed E-state index contributed by atoms with van der Waals surface area (Å²) in [7, 11) is 0. The number of ether oxygens (including phenoxy) is 2. The summed E-state index contributed by atoms with van der Waals surface area (Å²) in [5.74, 6) is -1.02. The van der Waals surface area contributed by atoms with Crippen molar-refractivity contribution in [3.63, 3.8) is 0 Å². The molecule has 10 heteroatoms. The summed E-state index contributed by atoms with van der Waals surface area (Å²) in [6.07, 6.45) is 1.47. The molecule has 2 heterocycles. The van der Waals surface area contributed by atoms with Gasteiger partial charge in [-0.1, -0.05) is 11.6 Å². The molecule has 0 aliphatic heterocycles. The van der Waals surface area contributed by atoms with Crippen LogP contribution in [-0.2, 0) is 9.53 Å². The number of esters is 1. The van der Waals surface area contributed by atoms with Gasteiger partial charge in [-0.2, -0.15) is 0 Å². The van der Waals surface area contributed by atoms with E-state index in [9.17, 15) is 14.0 Å². The van der Waals surface area contributed by atoms with Gasteiger partial charge >= 0.3 is 5.97 Å². The number of hydrogen-bond donors (Lipinski definition) is 1. The highest BCUT2D eigenvalue weighted by Crippen LogP contribution is 2.28. The van der Waals surface area contributed by atoms with Crippen LogP contribution in [0, 0.1) is 12.7 Å². The Labute approximate surface area is 193 Å². The van der Waals surface area contributed by atoms with Crippen molar-refractivity contribution in [1.29, 1.82) is 0 Å². The van der Waals surface area contributed by atoms with Crippen LogP contribution in [0.15, 0.2) is 63.6 Å². The minimum Gasteiger partial charge on any atom is -0.481 e. The number of carbonyl (C=O) groups excluding carboxylic acids is 2. The van der Waals surface area contributed by atoms with E-state index in [1.165, 1.54) is 24.5 Å². The summed E-state index contributed by atoms with van der Waals surface area (Å²) in [5.41, 5.74) is 1.20. The van der Waals surface area contributed by atoms with Crippen LogP contribution in [0.3, 0.4) is 0 Å². The molecule has 2 aromatic heterocycles. The van der Waals surface area contributed by atoms with Crippen LogP contribution in [0.25, 0.3) is 23.1 Å². The molecule has 1 amide bonds. The lowest BCUT2D eigenvalue weighted by molar-refractivity contribution is -0.145. The molecule has 1 N–H and O–H groups in total. The highest BCUT2D eigenvalue weighted by Gasteiger charge is 2.18. The molecular formula is C24H20FN3O6. The van der Waals surface area contributed by atoms with Gasteiger partial charge in [0, 0.05) is 5.56 Å². The van der Waals surface area contributed by atoms with Gasteiger partial charge < -0.3 is 23.6 Å². The monoisotopic (exact) mass is 465 g/mol. The number of anilines is 1. The first-order valence-electron chi connectivity index (χ1n) is 10.3. The van der Waals surface area contributed by atoms with Gasteiger partial charge in [0.1, 0.15) is 11.6 Å². The summed E-state index contributed by atoms with van der Waals surface area (Å²) in [5, 5.41) is 10.4. The van der Waals surface area contributed by atoms with Gasteiger partial charge in [-0.05, 0) is 56.3 Å². The molecular weight excluding hydrogens is 445 g/mol. The van der Waals surface area contributed by atoms with Gasteiger partial charge in [0.15, 0.2) is 12.4 Å². The zero-order valence-corrected chi connectivity index (χ0v) is 18.3. The maximum atomic E-state index is 14.5. The van der Waals surface area contributed by atoms with Crippen LogP contribution in [-0.4, -0.2) is 35.3 Å². The van der Waals surface area contributed by atoms with Crippen molar-refractivity contribution >= 4 is 17.6 Å². The normalized spacial score (nSPS) is 10.7. The smallest absolute Gasteiger partial charge is 0.344 e. The number of amides is 1. The number of benzene rings is 2. The molecule has 0 saturated carbocycles. The molecule has 174 valence electrons. The quantitative estimate of drug-likeness (QED) is 0.374. The van der Waals surface area contributed by atoms with E-state index in [0.29, 0.717) is 11.3 Å². The predicted octanol–water partition coefficient (Wildman–Crippen LogP) is 4.64. The Kier molecular flexibility index (Phi) is 6.67. The van der Waals surface area contributed by atoms with Crippen LogP contribution in [0.1, 0.15) is 22.8 Å². The van der Waals surface area contributed by atoms with E-state index in [-0.39, 0.29) is 42.0 Å². The number of aromatic nitrogens is 2. The van der Waals surface area contributed by atoms with Crippen molar-refractivity contribution in [2.45, 2.75) is 13.8 Å². The summed E-state index contributed by atoms with van der Waals surface area (Å²) in [6.45, 7) is 3.31. The number of nitrogens with zero attached hydrogens (tertiary/aromatic N) is 2. The first kappa shape index (κ1) is 22.7. The minimum absolute atomic E-state index is 0.0990. The molecule has 0 aliphatic rings. The minimum atomic E-state index is -0.662. The van der Waals surface area contributed by atoms with Gasteiger partial charge in [-0.25, -0.2) is 9.18 Å². The van der Waals surface area contributed by atoms with E-state index in [4.69, 9.17) is 18.3 Å². The van der Waals surface area contributed by atoms with E-state index in [1.54, 1.807) is 44.2 Å². The summed E-state index contributed by atoms with van der Waals surface area (Å²) < 4.78 is 35.6. The van der Waals surface area contributed by atoms with E-state index >= 15 is 0 Å². The molecule has 4 aromatic rings. The van der Waals surface area contributed by atoms with Crippen molar-refractivity contribution in [1.82, 2.24) is 10.2 Å². The van der Waals surface area contributed by atoms with Gasteiger partial charge in [-0.3, -0.25) is 4.79 Å². The Balaban J connectivity index is 1.56. The predicted molar refractivity (Wildman–Crippen MR) is 119 cm³/mol. The maximum absolute atomic E-state index is 14.5. The maximum Gasteiger partial charge on any atom is 0.344 e. The van der Waals surface area contributed by atoms with E-state index in [2.05, 4.69) is 15.5 Å². The van der Waals surface area contributed by atoms with Gasteiger partial charge in [0.05, 0.1) is 24.1 Å². The molecule has 0 fully saturated rings. The Morgan fingerprint density at radius 1 is 1.09 bits per heavy atom. The topological polar surface area (TPSA) is 117 Å². The molecule has 9 nitrogen and oxygen atoms in total. The Morgan fingerprint density at radius 2 is 1.91 bits per heavy atom. The average Bonchev–Trinajstić information content (AvgIpc) is 3.52. The van der Waals surface area contributed by atoms with Gasteiger partial charge in [0.2, 0.25) is 5.89 Å². The SMILES string of the molecule is CCOC(=O)COc1ccc(C)cc1C(=O)Nc1cc(-c2nnc(-c3ccco3)o2)ccc1F. The van der Waals surface area contributed by atoms with Crippen molar-refractivity contribution in [2.24, 2.45) is 0 Å². The van der Waals surface area contributed by atoms with Crippen molar-refractivity contribution in [3.05, 3.63) is 71.7 Å². The average molecular weight is 465 g/mol. The van der Waals surface area contributed by atoms with Crippen molar-refractivity contribution in [2.75, 3.05) is 18.5 Å². The Hall–Kier alpha value is -4.47. The molecule has 4 rings (SSSR count).